The molecule has 146 valence electrons. The zero-order chi connectivity index (χ0) is 20.3. The van der Waals surface area contributed by atoms with E-state index in [1.54, 1.807) is 0 Å². The molecule has 0 aliphatic carbocycles. The van der Waals surface area contributed by atoms with Crippen molar-refractivity contribution in [3.8, 4) is 0 Å². The summed E-state index contributed by atoms with van der Waals surface area (Å²) in [4.78, 5) is 0. The van der Waals surface area contributed by atoms with Gasteiger partial charge in [-0.05, 0) is 56.7 Å². The Morgan fingerprint density at radius 3 is 1.86 bits per heavy atom. The van der Waals surface area contributed by atoms with Crippen LogP contribution in [0.25, 0.3) is 0 Å². The molecule has 3 heteroatoms. The van der Waals surface area contributed by atoms with E-state index in [2.05, 4.69) is 81.9 Å². The number of aliphatic hydroxyl groups excluding tert-OH is 1. The number of nitrogens with zero attached hydrogens (tertiary/aromatic N) is 1. The summed E-state index contributed by atoms with van der Waals surface area (Å²) in [7, 11) is 1.39. The lowest BCUT2D eigenvalue weighted by molar-refractivity contribution is 0.111. The first kappa shape index (κ1) is 20.7. The second-order valence-corrected chi connectivity index (χ2v) is 9.78. The first-order valence-electron chi connectivity index (χ1n) is 9.79. The van der Waals surface area contributed by atoms with Crippen LogP contribution in [0.5, 0.6) is 0 Å². The largest absolute Gasteiger partial charge is 0.387 e. The maximum Gasteiger partial charge on any atom is 0.0945 e. The summed E-state index contributed by atoms with van der Waals surface area (Å²) in [5.74, 6) is 0. The van der Waals surface area contributed by atoms with Crippen molar-refractivity contribution in [1.29, 1.82) is 0 Å². The van der Waals surface area contributed by atoms with E-state index in [9.17, 15) is 5.11 Å². The van der Waals surface area contributed by atoms with Gasteiger partial charge < -0.3 is 5.11 Å². The zero-order valence-corrected chi connectivity index (χ0v) is 18.3. The molecule has 0 radical (unpaired) electrons. The minimum atomic E-state index is -0.755. The molecule has 0 bridgehead atoms. The van der Waals surface area contributed by atoms with Crippen molar-refractivity contribution in [2.45, 2.75) is 39.8 Å². The van der Waals surface area contributed by atoms with E-state index in [-0.39, 0.29) is 6.04 Å². The maximum absolute atomic E-state index is 11.1. The van der Waals surface area contributed by atoms with E-state index >= 15 is 0 Å². The van der Waals surface area contributed by atoms with Crippen LogP contribution in [0.15, 0.2) is 72.8 Å². The third-order valence-corrected chi connectivity index (χ3v) is 8.26. The van der Waals surface area contributed by atoms with Crippen molar-refractivity contribution >= 4 is 18.7 Å². The van der Waals surface area contributed by atoms with E-state index in [0.717, 1.165) is 5.56 Å². The van der Waals surface area contributed by atoms with Crippen LogP contribution >= 0.6 is 8.07 Å². The van der Waals surface area contributed by atoms with Crippen LogP contribution in [0.1, 0.15) is 35.3 Å². The second-order valence-electron chi connectivity index (χ2n) is 7.56. The second kappa shape index (κ2) is 9.01. The number of benzene rings is 3. The number of likely N-dealkylation sites (N-methyl/N-ethyl adjacent to an activating group) is 1. The van der Waals surface area contributed by atoms with Gasteiger partial charge in [0.1, 0.15) is 0 Å². The summed E-state index contributed by atoms with van der Waals surface area (Å²) in [6, 6.07) is 25.2. The molecule has 0 saturated carbocycles. The number of aliphatic hydroxyl groups is 1. The molecule has 0 aliphatic rings. The smallest absolute Gasteiger partial charge is 0.0945 e. The molecule has 3 aromatic carbocycles. The van der Waals surface area contributed by atoms with Crippen molar-refractivity contribution in [1.82, 2.24) is 4.67 Å². The molecular weight excluding hydrogens is 361 g/mol. The van der Waals surface area contributed by atoms with Gasteiger partial charge in [0.25, 0.3) is 0 Å². The summed E-state index contributed by atoms with van der Waals surface area (Å²) in [5.41, 5.74) is 4.89. The Labute approximate surface area is 170 Å². The molecular formula is C25H30NOP. The fourth-order valence-corrected chi connectivity index (χ4v) is 6.54. The van der Waals surface area contributed by atoms with Crippen molar-refractivity contribution in [2.24, 2.45) is 0 Å². The van der Waals surface area contributed by atoms with Crippen molar-refractivity contribution < 1.29 is 5.11 Å². The molecule has 0 heterocycles. The van der Waals surface area contributed by atoms with Crippen LogP contribution in [0.2, 0.25) is 0 Å². The van der Waals surface area contributed by atoms with Crippen LogP contribution in [-0.4, -0.2) is 22.9 Å². The highest BCUT2D eigenvalue weighted by atomic mass is 31.1. The summed E-state index contributed by atoms with van der Waals surface area (Å²) < 4.78 is 2.37. The number of aryl methyl sites for hydroxylation is 3. The molecule has 0 aliphatic heterocycles. The standard InChI is InChI=1S/C25H30NOP/c1-18-16-19(2)25(20(3)17-18)28(23-14-10-7-11-15-23)26(5)21(4)24(27)22-12-8-6-9-13-22/h6-17,21,24,27H,1-5H3/t21-,24-,28+/m1/s1. The topological polar surface area (TPSA) is 23.5 Å². The monoisotopic (exact) mass is 391 g/mol. The van der Waals surface area contributed by atoms with Crippen LogP contribution in [0.4, 0.5) is 0 Å². The molecule has 0 amide bonds. The third kappa shape index (κ3) is 4.36. The Kier molecular flexibility index (Phi) is 6.67. The molecule has 0 spiro atoms. The van der Waals surface area contributed by atoms with Crippen molar-refractivity contribution in [2.75, 3.05) is 7.05 Å². The van der Waals surface area contributed by atoms with Gasteiger partial charge in [-0.2, -0.15) is 0 Å². The number of rotatable bonds is 6. The van der Waals surface area contributed by atoms with Crippen molar-refractivity contribution in [3.63, 3.8) is 0 Å². The third-order valence-electron chi connectivity index (χ3n) is 5.35. The van der Waals surface area contributed by atoms with Gasteiger partial charge in [-0.3, -0.25) is 4.67 Å². The van der Waals surface area contributed by atoms with E-state index in [1.165, 1.54) is 27.3 Å². The van der Waals surface area contributed by atoms with Crippen LogP contribution in [0, 0.1) is 20.8 Å². The van der Waals surface area contributed by atoms with Gasteiger partial charge in [-0.25, -0.2) is 0 Å². The summed E-state index contributed by atoms with van der Waals surface area (Å²) in [6.07, 6.45) is -0.536. The van der Waals surface area contributed by atoms with Gasteiger partial charge in [0.05, 0.1) is 6.10 Å². The van der Waals surface area contributed by atoms with Crippen molar-refractivity contribution in [3.05, 3.63) is 95.1 Å². The van der Waals surface area contributed by atoms with E-state index in [4.69, 9.17) is 0 Å². The highest BCUT2D eigenvalue weighted by Gasteiger charge is 2.30. The molecule has 0 aromatic heterocycles. The van der Waals surface area contributed by atoms with Gasteiger partial charge in [0.15, 0.2) is 0 Å². The van der Waals surface area contributed by atoms with Crippen LogP contribution in [0.3, 0.4) is 0 Å². The molecule has 3 rings (SSSR count). The van der Waals surface area contributed by atoms with Gasteiger partial charge in [0, 0.05) is 19.4 Å². The number of hydrogen-bond donors (Lipinski definition) is 1. The predicted octanol–water partition coefficient (Wildman–Crippen LogP) is 5.01. The summed E-state index contributed by atoms with van der Waals surface area (Å²) in [6.45, 7) is 8.69. The zero-order valence-electron chi connectivity index (χ0n) is 17.4. The number of hydrogen-bond acceptors (Lipinski definition) is 2. The van der Waals surface area contributed by atoms with E-state index in [1.807, 2.05) is 30.3 Å². The molecule has 3 aromatic rings. The fourth-order valence-electron chi connectivity index (χ4n) is 3.86. The van der Waals surface area contributed by atoms with Crippen LogP contribution < -0.4 is 10.6 Å². The van der Waals surface area contributed by atoms with E-state index < -0.39 is 14.2 Å². The van der Waals surface area contributed by atoms with Gasteiger partial charge in [-0.15, -0.1) is 0 Å². The molecule has 1 N–H and O–H groups in total. The Morgan fingerprint density at radius 2 is 1.32 bits per heavy atom. The lowest BCUT2D eigenvalue weighted by atomic mass is 10.0. The van der Waals surface area contributed by atoms with Gasteiger partial charge in [-0.1, -0.05) is 78.4 Å². The molecule has 0 unspecified atom stereocenters. The van der Waals surface area contributed by atoms with Gasteiger partial charge >= 0.3 is 0 Å². The Morgan fingerprint density at radius 1 is 0.821 bits per heavy atom. The highest BCUT2D eigenvalue weighted by molar-refractivity contribution is 7.71. The Bertz CT molecular complexity index is 887. The lowest BCUT2D eigenvalue weighted by Gasteiger charge is -2.37. The average molecular weight is 391 g/mol. The lowest BCUT2D eigenvalue weighted by Crippen LogP contribution is -2.37. The quantitative estimate of drug-likeness (QED) is 0.597. The summed E-state index contributed by atoms with van der Waals surface area (Å²) >= 11 is 0. The molecule has 3 atom stereocenters. The Balaban J connectivity index is 2.05. The molecule has 28 heavy (non-hydrogen) atoms. The molecule has 0 fully saturated rings. The van der Waals surface area contributed by atoms with E-state index in [0.29, 0.717) is 0 Å². The Hall–Kier alpha value is -1.99. The normalized spacial score (nSPS) is 14.7. The maximum atomic E-state index is 11.1. The predicted molar refractivity (Wildman–Crippen MR) is 122 cm³/mol. The first-order chi connectivity index (χ1) is 13.4. The first-order valence-corrected chi connectivity index (χ1v) is 11.1. The summed E-state index contributed by atoms with van der Waals surface area (Å²) in [5, 5.41) is 13.8. The van der Waals surface area contributed by atoms with Crippen LogP contribution in [-0.2, 0) is 0 Å². The highest BCUT2D eigenvalue weighted by Crippen LogP contribution is 2.43. The molecule has 2 nitrogen and oxygen atoms in total. The minimum Gasteiger partial charge on any atom is -0.387 e. The molecule has 0 saturated heterocycles. The minimum absolute atomic E-state index is 0.0196. The fraction of sp³-hybridized carbons (Fsp3) is 0.280. The SMILES string of the molecule is Cc1cc(C)c([P@](c2ccccc2)N(C)[C@H](C)[C@@H](O)c2ccccc2)c(C)c1. The average Bonchev–Trinajstić information content (AvgIpc) is 2.70. The van der Waals surface area contributed by atoms with Gasteiger partial charge in [0.2, 0.25) is 0 Å².